The summed E-state index contributed by atoms with van der Waals surface area (Å²) in [4.78, 5) is 11.4. The Hall–Kier alpha value is -1.09. The van der Waals surface area contributed by atoms with Gasteiger partial charge in [-0.2, -0.15) is 0 Å². The van der Waals surface area contributed by atoms with Crippen LogP contribution in [0.4, 0.5) is 0 Å². The molecule has 76 valence electrons. The number of unbranched alkanes of at least 4 members (excludes halogenated alkanes) is 1. The van der Waals surface area contributed by atoms with E-state index in [2.05, 4.69) is 13.5 Å². The van der Waals surface area contributed by atoms with Gasteiger partial charge in [0.2, 0.25) is 0 Å². The van der Waals surface area contributed by atoms with Gasteiger partial charge in [0, 0.05) is 11.0 Å². The quantitative estimate of drug-likeness (QED) is 0.550. The molecule has 0 atom stereocenters. The summed E-state index contributed by atoms with van der Waals surface area (Å²) in [6.07, 6.45) is 2.77. The minimum Gasteiger partial charge on any atom is -0.422 e. The largest absolute Gasteiger partial charge is 0.422 e. The smallest absolute Gasteiger partial charge is 0.338 e. The van der Waals surface area contributed by atoms with Crippen LogP contribution in [0.1, 0.15) is 26.2 Å². The Balaban J connectivity index is 2.38. The SMILES string of the molecule is C=C(CCCC)C(=O)Oc1ccsc1. The summed E-state index contributed by atoms with van der Waals surface area (Å²) in [6.45, 7) is 5.78. The molecule has 1 heterocycles. The van der Waals surface area contributed by atoms with E-state index in [1.165, 1.54) is 11.3 Å². The molecular formula is C11H14O2S. The summed E-state index contributed by atoms with van der Waals surface area (Å²) in [6, 6.07) is 1.77. The molecule has 0 fully saturated rings. The van der Waals surface area contributed by atoms with Crippen molar-refractivity contribution in [1.82, 2.24) is 0 Å². The maximum Gasteiger partial charge on any atom is 0.338 e. The molecule has 0 N–H and O–H groups in total. The van der Waals surface area contributed by atoms with Gasteiger partial charge < -0.3 is 4.74 Å². The maximum atomic E-state index is 11.4. The number of esters is 1. The van der Waals surface area contributed by atoms with Crippen LogP contribution < -0.4 is 4.74 Å². The minimum absolute atomic E-state index is 0.308. The highest BCUT2D eigenvalue weighted by molar-refractivity contribution is 7.08. The van der Waals surface area contributed by atoms with E-state index >= 15 is 0 Å². The zero-order valence-corrected chi connectivity index (χ0v) is 9.10. The molecule has 0 saturated carbocycles. The molecule has 3 heteroatoms. The molecule has 1 rings (SSSR count). The molecule has 0 saturated heterocycles. The molecule has 0 aromatic carbocycles. The van der Waals surface area contributed by atoms with E-state index in [1.54, 1.807) is 11.4 Å². The normalized spacial score (nSPS) is 9.79. The van der Waals surface area contributed by atoms with Crippen molar-refractivity contribution in [2.45, 2.75) is 26.2 Å². The van der Waals surface area contributed by atoms with Gasteiger partial charge in [-0.15, -0.1) is 11.3 Å². The molecule has 0 amide bonds. The molecule has 0 unspecified atom stereocenters. The van der Waals surface area contributed by atoms with Gasteiger partial charge in [-0.05, 0) is 24.3 Å². The second kappa shape index (κ2) is 5.60. The topological polar surface area (TPSA) is 26.3 Å². The Bertz CT molecular complexity index is 301. The van der Waals surface area contributed by atoms with Crippen molar-refractivity contribution in [2.75, 3.05) is 0 Å². The van der Waals surface area contributed by atoms with Gasteiger partial charge in [0.25, 0.3) is 0 Å². The Labute approximate surface area is 88.2 Å². The Kier molecular flexibility index (Phi) is 4.40. The fraction of sp³-hybridized carbons (Fsp3) is 0.364. The van der Waals surface area contributed by atoms with E-state index in [9.17, 15) is 4.79 Å². The maximum absolute atomic E-state index is 11.4. The van der Waals surface area contributed by atoms with Crippen LogP contribution in [-0.4, -0.2) is 5.97 Å². The second-order valence-electron chi connectivity index (χ2n) is 3.06. The molecule has 0 aliphatic rings. The lowest BCUT2D eigenvalue weighted by atomic mass is 10.1. The van der Waals surface area contributed by atoms with Gasteiger partial charge in [-0.1, -0.05) is 19.9 Å². The molecule has 1 aromatic rings. The first-order valence-corrected chi connectivity index (χ1v) is 5.60. The van der Waals surface area contributed by atoms with Gasteiger partial charge in [-0.3, -0.25) is 0 Å². The summed E-state index contributed by atoms with van der Waals surface area (Å²) in [5.74, 6) is 0.300. The van der Waals surface area contributed by atoms with E-state index in [1.807, 2.05) is 5.38 Å². The lowest BCUT2D eigenvalue weighted by Gasteiger charge is -2.03. The molecule has 0 aliphatic heterocycles. The summed E-state index contributed by atoms with van der Waals surface area (Å²) >= 11 is 1.50. The molecule has 2 nitrogen and oxygen atoms in total. The lowest BCUT2D eigenvalue weighted by Crippen LogP contribution is -2.09. The van der Waals surface area contributed by atoms with Gasteiger partial charge >= 0.3 is 5.97 Å². The third-order valence-electron chi connectivity index (χ3n) is 1.83. The van der Waals surface area contributed by atoms with Crippen LogP contribution >= 0.6 is 11.3 Å². The summed E-state index contributed by atoms with van der Waals surface area (Å²) in [7, 11) is 0. The van der Waals surface area contributed by atoms with E-state index < -0.39 is 0 Å². The highest BCUT2D eigenvalue weighted by atomic mass is 32.1. The fourth-order valence-electron chi connectivity index (χ4n) is 0.981. The summed E-state index contributed by atoms with van der Waals surface area (Å²) in [5.41, 5.74) is 0.554. The number of carbonyl (C=O) groups is 1. The van der Waals surface area contributed by atoms with Crippen molar-refractivity contribution in [3.8, 4) is 5.75 Å². The predicted molar refractivity (Wildman–Crippen MR) is 58.6 cm³/mol. The van der Waals surface area contributed by atoms with Crippen molar-refractivity contribution < 1.29 is 9.53 Å². The lowest BCUT2D eigenvalue weighted by molar-refractivity contribution is -0.130. The number of ether oxygens (including phenoxy) is 1. The number of hydrogen-bond donors (Lipinski definition) is 0. The monoisotopic (exact) mass is 210 g/mol. The molecule has 1 aromatic heterocycles. The van der Waals surface area contributed by atoms with Crippen LogP contribution in [-0.2, 0) is 4.79 Å². The average Bonchev–Trinajstić information content (AvgIpc) is 2.66. The van der Waals surface area contributed by atoms with Crippen molar-refractivity contribution in [3.63, 3.8) is 0 Å². The van der Waals surface area contributed by atoms with Gasteiger partial charge in [0.15, 0.2) is 0 Å². The van der Waals surface area contributed by atoms with E-state index in [0.29, 0.717) is 11.3 Å². The number of carbonyl (C=O) groups excluding carboxylic acids is 1. The van der Waals surface area contributed by atoms with E-state index in [0.717, 1.165) is 19.3 Å². The first kappa shape index (κ1) is 11.0. The molecule has 14 heavy (non-hydrogen) atoms. The van der Waals surface area contributed by atoms with Gasteiger partial charge in [0.1, 0.15) is 5.75 Å². The van der Waals surface area contributed by atoms with Crippen LogP contribution in [0.15, 0.2) is 29.0 Å². The van der Waals surface area contributed by atoms with Crippen LogP contribution in [0.3, 0.4) is 0 Å². The zero-order valence-electron chi connectivity index (χ0n) is 8.29. The first-order valence-electron chi connectivity index (χ1n) is 4.66. The molecule has 0 bridgehead atoms. The Morgan fingerprint density at radius 2 is 2.43 bits per heavy atom. The summed E-state index contributed by atoms with van der Waals surface area (Å²) < 4.78 is 5.09. The van der Waals surface area contributed by atoms with Gasteiger partial charge in [0.05, 0.1) is 0 Å². The van der Waals surface area contributed by atoms with Crippen molar-refractivity contribution in [1.29, 1.82) is 0 Å². The molecule has 0 aliphatic carbocycles. The van der Waals surface area contributed by atoms with Gasteiger partial charge in [-0.25, -0.2) is 4.79 Å². The fourth-order valence-corrected chi connectivity index (χ4v) is 1.53. The standard InChI is InChI=1S/C11H14O2S/c1-3-4-5-9(2)11(12)13-10-6-7-14-8-10/h6-8H,2-5H2,1H3. The highest BCUT2D eigenvalue weighted by Crippen LogP contribution is 2.17. The predicted octanol–water partition coefficient (Wildman–Crippen LogP) is 3.40. The third-order valence-corrected chi connectivity index (χ3v) is 2.49. The summed E-state index contributed by atoms with van der Waals surface area (Å²) in [5, 5.41) is 3.67. The average molecular weight is 210 g/mol. The van der Waals surface area contributed by atoms with E-state index in [4.69, 9.17) is 4.74 Å². The Morgan fingerprint density at radius 3 is 3.00 bits per heavy atom. The first-order chi connectivity index (χ1) is 6.74. The molecule has 0 spiro atoms. The minimum atomic E-state index is -0.308. The molecule has 0 radical (unpaired) electrons. The van der Waals surface area contributed by atoms with Crippen LogP contribution in [0.2, 0.25) is 0 Å². The van der Waals surface area contributed by atoms with Crippen LogP contribution in [0, 0.1) is 0 Å². The molecular weight excluding hydrogens is 196 g/mol. The van der Waals surface area contributed by atoms with Crippen molar-refractivity contribution >= 4 is 17.3 Å². The van der Waals surface area contributed by atoms with Crippen molar-refractivity contribution in [2.24, 2.45) is 0 Å². The van der Waals surface area contributed by atoms with Crippen LogP contribution in [0.25, 0.3) is 0 Å². The van der Waals surface area contributed by atoms with Crippen LogP contribution in [0.5, 0.6) is 5.75 Å². The number of thiophene rings is 1. The highest BCUT2D eigenvalue weighted by Gasteiger charge is 2.08. The zero-order chi connectivity index (χ0) is 10.4. The third kappa shape index (κ3) is 3.34. The Morgan fingerprint density at radius 1 is 1.64 bits per heavy atom. The number of rotatable bonds is 5. The second-order valence-corrected chi connectivity index (χ2v) is 3.84. The van der Waals surface area contributed by atoms with Crippen molar-refractivity contribution in [3.05, 3.63) is 29.0 Å². The number of hydrogen-bond acceptors (Lipinski definition) is 3. The van der Waals surface area contributed by atoms with E-state index in [-0.39, 0.29) is 5.97 Å².